The lowest BCUT2D eigenvalue weighted by Crippen LogP contribution is -2.45. The van der Waals surface area contributed by atoms with Gasteiger partial charge in [0.25, 0.3) is 5.91 Å². The summed E-state index contributed by atoms with van der Waals surface area (Å²) in [6.45, 7) is 1.88. The summed E-state index contributed by atoms with van der Waals surface area (Å²) in [6.07, 6.45) is 2.13. The molecule has 4 heteroatoms. The van der Waals surface area contributed by atoms with Gasteiger partial charge in [-0.15, -0.1) is 0 Å². The Morgan fingerprint density at radius 2 is 2.28 bits per heavy atom. The molecule has 1 amide bonds. The summed E-state index contributed by atoms with van der Waals surface area (Å²) in [7, 11) is 0. The molecule has 1 aromatic carbocycles. The molecule has 1 aliphatic heterocycles. The van der Waals surface area contributed by atoms with Gasteiger partial charge in [-0.2, -0.15) is 0 Å². The minimum absolute atomic E-state index is 0.125. The van der Waals surface area contributed by atoms with Crippen molar-refractivity contribution in [1.82, 2.24) is 10.6 Å². The van der Waals surface area contributed by atoms with Crippen molar-refractivity contribution in [3.63, 3.8) is 0 Å². The predicted molar refractivity (Wildman–Crippen MR) is 69.6 cm³/mol. The molecule has 0 unspecified atom stereocenters. The first-order chi connectivity index (χ1) is 8.83. The zero-order valence-corrected chi connectivity index (χ0v) is 10.1. The highest BCUT2D eigenvalue weighted by Gasteiger charge is 2.18. The third-order valence-electron chi connectivity index (χ3n) is 3.28. The van der Waals surface area contributed by atoms with Crippen molar-refractivity contribution in [1.29, 1.82) is 0 Å². The van der Waals surface area contributed by atoms with Crippen LogP contribution in [0.25, 0.3) is 11.0 Å². The standard InChI is InChI=1S/C14H16N2O2/c17-14(16-11-5-3-7-15-9-11)13-8-10-4-1-2-6-12(10)18-13/h1-2,4,6,8,11,15H,3,5,7,9H2,(H,16,17)/t11-/m1/s1. The van der Waals surface area contributed by atoms with Gasteiger partial charge >= 0.3 is 0 Å². The van der Waals surface area contributed by atoms with E-state index in [0.717, 1.165) is 36.9 Å². The maximum Gasteiger partial charge on any atom is 0.287 e. The summed E-state index contributed by atoms with van der Waals surface area (Å²) in [5, 5.41) is 7.24. The van der Waals surface area contributed by atoms with Crippen LogP contribution in [0.15, 0.2) is 34.7 Å². The van der Waals surface area contributed by atoms with E-state index in [0.29, 0.717) is 5.76 Å². The highest BCUT2D eigenvalue weighted by atomic mass is 16.3. The first kappa shape index (κ1) is 11.3. The molecule has 3 rings (SSSR count). The summed E-state index contributed by atoms with van der Waals surface area (Å²) in [5.41, 5.74) is 0.754. The van der Waals surface area contributed by atoms with E-state index < -0.39 is 0 Å². The smallest absolute Gasteiger partial charge is 0.287 e. The first-order valence-electron chi connectivity index (χ1n) is 6.33. The lowest BCUT2D eigenvalue weighted by molar-refractivity contribution is 0.0905. The second kappa shape index (κ2) is 4.82. The van der Waals surface area contributed by atoms with Gasteiger partial charge < -0.3 is 15.1 Å². The summed E-state index contributed by atoms with van der Waals surface area (Å²) in [4.78, 5) is 12.0. The SMILES string of the molecule is O=C(N[C@@H]1CCCNC1)c1cc2ccccc2o1. The number of nitrogens with one attached hydrogen (secondary N) is 2. The van der Waals surface area contributed by atoms with Crippen molar-refractivity contribution in [2.45, 2.75) is 18.9 Å². The lowest BCUT2D eigenvalue weighted by Gasteiger charge is -2.23. The predicted octanol–water partition coefficient (Wildman–Crippen LogP) is 1.91. The normalized spacial score (nSPS) is 19.9. The van der Waals surface area contributed by atoms with Crippen LogP contribution in [0.1, 0.15) is 23.4 Å². The Balaban J connectivity index is 1.74. The summed E-state index contributed by atoms with van der Waals surface area (Å²) < 4.78 is 5.54. The van der Waals surface area contributed by atoms with Crippen LogP contribution >= 0.6 is 0 Å². The number of amides is 1. The second-order valence-corrected chi connectivity index (χ2v) is 4.67. The third kappa shape index (κ3) is 2.24. The summed E-state index contributed by atoms with van der Waals surface area (Å²) in [6, 6.07) is 9.65. The lowest BCUT2D eigenvalue weighted by atomic mass is 10.1. The average molecular weight is 244 g/mol. The Morgan fingerprint density at radius 3 is 3.06 bits per heavy atom. The van der Waals surface area contributed by atoms with Gasteiger partial charge in [-0.3, -0.25) is 4.79 Å². The molecule has 1 aliphatic rings. The number of benzene rings is 1. The van der Waals surface area contributed by atoms with Gasteiger partial charge in [-0.25, -0.2) is 0 Å². The Labute approximate surface area is 105 Å². The molecule has 94 valence electrons. The Bertz CT molecular complexity index is 523. The van der Waals surface area contributed by atoms with Gasteiger partial charge in [-0.1, -0.05) is 18.2 Å². The zero-order chi connectivity index (χ0) is 12.4. The van der Waals surface area contributed by atoms with Crippen LogP contribution < -0.4 is 10.6 Å². The number of carbonyl (C=O) groups is 1. The van der Waals surface area contributed by atoms with E-state index >= 15 is 0 Å². The van der Waals surface area contributed by atoms with E-state index in [9.17, 15) is 4.79 Å². The van der Waals surface area contributed by atoms with Crippen molar-refractivity contribution >= 4 is 16.9 Å². The number of piperidine rings is 1. The van der Waals surface area contributed by atoms with E-state index in [1.54, 1.807) is 6.07 Å². The molecule has 1 fully saturated rings. The maximum absolute atomic E-state index is 12.0. The molecule has 1 saturated heterocycles. The molecule has 4 nitrogen and oxygen atoms in total. The van der Waals surface area contributed by atoms with Crippen molar-refractivity contribution < 1.29 is 9.21 Å². The van der Waals surface area contributed by atoms with Gasteiger partial charge in [0.15, 0.2) is 5.76 Å². The number of carbonyl (C=O) groups excluding carboxylic acids is 1. The topological polar surface area (TPSA) is 54.3 Å². The van der Waals surface area contributed by atoms with Crippen LogP contribution in [0.3, 0.4) is 0 Å². The molecule has 0 saturated carbocycles. The number of hydrogen-bond acceptors (Lipinski definition) is 3. The van der Waals surface area contributed by atoms with E-state index in [1.807, 2.05) is 24.3 Å². The monoisotopic (exact) mass is 244 g/mol. The Hall–Kier alpha value is -1.81. The molecular weight excluding hydrogens is 228 g/mol. The first-order valence-corrected chi connectivity index (χ1v) is 6.33. The second-order valence-electron chi connectivity index (χ2n) is 4.67. The van der Waals surface area contributed by atoms with Crippen molar-refractivity contribution in [2.24, 2.45) is 0 Å². The number of para-hydroxylation sites is 1. The van der Waals surface area contributed by atoms with Gasteiger partial charge in [-0.05, 0) is 31.5 Å². The molecule has 0 bridgehead atoms. The maximum atomic E-state index is 12.0. The highest BCUT2D eigenvalue weighted by Crippen LogP contribution is 2.18. The fourth-order valence-corrected chi connectivity index (χ4v) is 2.33. The molecule has 1 aromatic heterocycles. The number of furan rings is 1. The summed E-state index contributed by atoms with van der Waals surface area (Å²) >= 11 is 0. The molecular formula is C14H16N2O2. The van der Waals surface area contributed by atoms with Gasteiger partial charge in [0.05, 0.1) is 0 Å². The van der Waals surface area contributed by atoms with Crippen LogP contribution in [-0.4, -0.2) is 25.0 Å². The quantitative estimate of drug-likeness (QED) is 0.848. The van der Waals surface area contributed by atoms with Crippen LogP contribution in [0.4, 0.5) is 0 Å². The van der Waals surface area contributed by atoms with Crippen molar-refractivity contribution in [3.05, 3.63) is 36.1 Å². The van der Waals surface area contributed by atoms with Gasteiger partial charge in [0.1, 0.15) is 5.58 Å². The van der Waals surface area contributed by atoms with Gasteiger partial charge in [0, 0.05) is 18.0 Å². The highest BCUT2D eigenvalue weighted by molar-refractivity contribution is 5.96. The van der Waals surface area contributed by atoms with Gasteiger partial charge in [0.2, 0.25) is 0 Å². The molecule has 0 radical (unpaired) electrons. The van der Waals surface area contributed by atoms with E-state index in [1.165, 1.54) is 0 Å². The molecule has 0 aliphatic carbocycles. The van der Waals surface area contributed by atoms with E-state index in [-0.39, 0.29) is 11.9 Å². The number of hydrogen-bond donors (Lipinski definition) is 2. The fraction of sp³-hybridized carbons (Fsp3) is 0.357. The van der Waals surface area contributed by atoms with Crippen molar-refractivity contribution in [3.8, 4) is 0 Å². The average Bonchev–Trinajstić information content (AvgIpc) is 2.84. The van der Waals surface area contributed by atoms with Crippen LogP contribution in [-0.2, 0) is 0 Å². The minimum Gasteiger partial charge on any atom is -0.451 e. The third-order valence-corrected chi connectivity index (χ3v) is 3.28. The largest absolute Gasteiger partial charge is 0.451 e. The number of fused-ring (bicyclic) bond motifs is 1. The molecule has 2 N–H and O–H groups in total. The summed E-state index contributed by atoms with van der Waals surface area (Å²) in [5.74, 6) is 0.265. The Kier molecular flexibility index (Phi) is 3.02. The molecule has 0 spiro atoms. The van der Waals surface area contributed by atoms with E-state index in [4.69, 9.17) is 4.42 Å². The van der Waals surface area contributed by atoms with Crippen molar-refractivity contribution in [2.75, 3.05) is 13.1 Å². The molecule has 18 heavy (non-hydrogen) atoms. The fourth-order valence-electron chi connectivity index (χ4n) is 2.33. The molecule has 2 aromatic rings. The molecule has 2 heterocycles. The van der Waals surface area contributed by atoms with E-state index in [2.05, 4.69) is 10.6 Å². The van der Waals surface area contributed by atoms with Crippen LogP contribution in [0.2, 0.25) is 0 Å². The number of rotatable bonds is 2. The van der Waals surface area contributed by atoms with Crippen LogP contribution in [0.5, 0.6) is 0 Å². The minimum atomic E-state index is -0.125. The Morgan fingerprint density at radius 1 is 1.39 bits per heavy atom. The van der Waals surface area contributed by atoms with Crippen LogP contribution in [0, 0.1) is 0 Å². The molecule has 1 atom stereocenters. The zero-order valence-electron chi connectivity index (χ0n) is 10.1.